The number of carbonyl (C=O) groups excluding carboxylic acids is 1. The molecule has 16 heavy (non-hydrogen) atoms. The van der Waals surface area contributed by atoms with Crippen LogP contribution < -0.4 is 10.5 Å². The summed E-state index contributed by atoms with van der Waals surface area (Å²) >= 11 is 0. The summed E-state index contributed by atoms with van der Waals surface area (Å²) in [7, 11) is 0.939. The number of rotatable bonds is 3. The largest absolute Gasteiger partial charge is 0.488 e. The van der Waals surface area contributed by atoms with Crippen LogP contribution in [0.15, 0.2) is 6.07 Å². The molecule has 1 aromatic rings. The number of nitrogens with two attached hydrogens (primary N) is 1. The van der Waals surface area contributed by atoms with Crippen LogP contribution in [0.3, 0.4) is 0 Å². The number of hydrogen-bond donors (Lipinski definition) is 1. The summed E-state index contributed by atoms with van der Waals surface area (Å²) in [5.74, 6) is -5.38. The number of benzene rings is 1. The molecule has 0 heterocycles. The molecule has 0 spiro atoms. The zero-order valence-corrected chi connectivity index (χ0v) is 7.99. The number of halogens is 2. The van der Waals surface area contributed by atoms with Gasteiger partial charge in [0, 0.05) is 6.07 Å². The number of nitro benzene ring substituents is 1. The first kappa shape index (κ1) is 11.8. The van der Waals surface area contributed by atoms with Crippen molar-refractivity contribution in [3.8, 4) is 5.75 Å². The summed E-state index contributed by atoms with van der Waals surface area (Å²) in [6, 6.07) is 0.527. The first-order valence-corrected chi connectivity index (χ1v) is 3.90. The van der Waals surface area contributed by atoms with Gasteiger partial charge < -0.3 is 10.5 Å². The minimum Gasteiger partial charge on any atom is -0.488 e. The van der Waals surface area contributed by atoms with E-state index in [1.54, 1.807) is 0 Å². The molecule has 0 aliphatic rings. The zero-order valence-electron chi connectivity index (χ0n) is 7.99. The van der Waals surface area contributed by atoms with E-state index in [0.717, 1.165) is 7.11 Å². The van der Waals surface area contributed by atoms with Crippen LogP contribution in [-0.2, 0) is 0 Å². The molecule has 6 nitrogen and oxygen atoms in total. The summed E-state index contributed by atoms with van der Waals surface area (Å²) in [4.78, 5) is 20.2. The summed E-state index contributed by atoms with van der Waals surface area (Å²) in [5.41, 5.74) is 2.97. The van der Waals surface area contributed by atoms with E-state index >= 15 is 0 Å². The third-order valence-corrected chi connectivity index (χ3v) is 1.81. The molecule has 0 aliphatic carbocycles. The number of amides is 1. The van der Waals surface area contributed by atoms with E-state index in [-0.39, 0.29) is 0 Å². The van der Waals surface area contributed by atoms with Gasteiger partial charge in [-0.3, -0.25) is 14.9 Å². The molecular weight excluding hydrogens is 226 g/mol. The van der Waals surface area contributed by atoms with Crippen LogP contribution in [-0.4, -0.2) is 17.9 Å². The number of nitro groups is 1. The van der Waals surface area contributed by atoms with Gasteiger partial charge in [0.15, 0.2) is 5.82 Å². The van der Waals surface area contributed by atoms with Gasteiger partial charge in [-0.15, -0.1) is 0 Å². The SMILES string of the molecule is COc1c([N+](=O)[O-])cc(C(N)=O)c(F)c1F. The molecule has 1 amide bonds. The van der Waals surface area contributed by atoms with Crippen LogP contribution in [0.4, 0.5) is 14.5 Å². The van der Waals surface area contributed by atoms with E-state index in [0.29, 0.717) is 6.07 Å². The maximum atomic E-state index is 13.2. The Morgan fingerprint density at radius 2 is 2.06 bits per heavy atom. The Hall–Kier alpha value is -2.25. The Morgan fingerprint density at radius 3 is 2.44 bits per heavy atom. The molecule has 0 bridgehead atoms. The van der Waals surface area contributed by atoms with E-state index < -0.39 is 39.5 Å². The minimum absolute atomic E-state index is 0.527. The number of carbonyl (C=O) groups is 1. The Bertz CT molecular complexity index is 476. The maximum absolute atomic E-state index is 13.2. The van der Waals surface area contributed by atoms with Crippen molar-refractivity contribution in [3.63, 3.8) is 0 Å². The molecule has 1 rings (SSSR count). The summed E-state index contributed by atoms with van der Waals surface area (Å²) in [6.45, 7) is 0. The van der Waals surface area contributed by atoms with Gasteiger partial charge in [0.1, 0.15) is 0 Å². The fourth-order valence-corrected chi connectivity index (χ4v) is 1.11. The van der Waals surface area contributed by atoms with Gasteiger partial charge in [-0.25, -0.2) is 4.39 Å². The van der Waals surface area contributed by atoms with E-state index in [1.165, 1.54) is 0 Å². The standard InChI is InChI=1S/C8H6F2N2O4/c1-16-7-4(12(14)15)2-3(8(11)13)5(9)6(7)10/h2H,1H3,(H2,11,13). The highest BCUT2D eigenvalue weighted by Gasteiger charge is 2.28. The molecule has 0 atom stereocenters. The highest BCUT2D eigenvalue weighted by molar-refractivity contribution is 5.94. The molecule has 2 N–H and O–H groups in total. The number of nitrogens with zero attached hydrogens (tertiary/aromatic N) is 1. The van der Waals surface area contributed by atoms with Gasteiger partial charge in [0.25, 0.3) is 5.91 Å². The third-order valence-electron chi connectivity index (χ3n) is 1.81. The maximum Gasteiger partial charge on any atom is 0.315 e. The lowest BCUT2D eigenvalue weighted by Crippen LogP contribution is -2.15. The van der Waals surface area contributed by atoms with Crippen molar-refractivity contribution in [2.24, 2.45) is 5.73 Å². The second-order valence-electron chi connectivity index (χ2n) is 2.73. The fraction of sp³-hybridized carbons (Fsp3) is 0.125. The van der Waals surface area contributed by atoms with Gasteiger partial charge in [0.05, 0.1) is 17.6 Å². The monoisotopic (exact) mass is 232 g/mol. The third kappa shape index (κ3) is 1.76. The van der Waals surface area contributed by atoms with Gasteiger partial charge in [-0.1, -0.05) is 0 Å². The average molecular weight is 232 g/mol. The number of methoxy groups -OCH3 is 1. The quantitative estimate of drug-likeness (QED) is 0.620. The van der Waals surface area contributed by atoms with Crippen LogP contribution in [0.5, 0.6) is 5.75 Å². The molecule has 0 aromatic heterocycles. The number of primary amides is 1. The summed E-state index contributed by atoms with van der Waals surface area (Å²) in [5, 5.41) is 10.5. The summed E-state index contributed by atoms with van der Waals surface area (Å²) in [6.07, 6.45) is 0. The Balaban J connectivity index is 3.62. The van der Waals surface area contributed by atoms with Gasteiger partial charge in [0.2, 0.25) is 11.6 Å². The second kappa shape index (κ2) is 4.09. The lowest BCUT2D eigenvalue weighted by atomic mass is 10.1. The normalized spacial score (nSPS) is 9.94. The van der Waals surface area contributed by atoms with Crippen molar-refractivity contribution >= 4 is 11.6 Å². The molecule has 0 saturated carbocycles. The molecule has 0 fully saturated rings. The predicted molar refractivity (Wildman–Crippen MR) is 48.1 cm³/mol. The molecule has 8 heteroatoms. The van der Waals surface area contributed by atoms with Crippen LogP contribution in [0.1, 0.15) is 10.4 Å². The van der Waals surface area contributed by atoms with Crippen molar-refractivity contribution in [2.75, 3.05) is 7.11 Å². The Kier molecular flexibility index (Phi) is 3.02. The van der Waals surface area contributed by atoms with Crippen molar-refractivity contribution in [3.05, 3.63) is 33.4 Å². The van der Waals surface area contributed by atoms with Crippen molar-refractivity contribution in [1.82, 2.24) is 0 Å². The van der Waals surface area contributed by atoms with Gasteiger partial charge in [-0.2, -0.15) is 4.39 Å². The molecule has 0 radical (unpaired) electrons. The number of ether oxygens (including phenoxy) is 1. The molecule has 1 aromatic carbocycles. The van der Waals surface area contributed by atoms with Crippen LogP contribution >= 0.6 is 0 Å². The van der Waals surface area contributed by atoms with Crippen molar-refractivity contribution in [1.29, 1.82) is 0 Å². The number of hydrogen-bond acceptors (Lipinski definition) is 4. The minimum atomic E-state index is -1.62. The molecule has 0 aliphatic heterocycles. The fourth-order valence-electron chi connectivity index (χ4n) is 1.11. The zero-order chi connectivity index (χ0) is 12.5. The molecule has 86 valence electrons. The smallest absolute Gasteiger partial charge is 0.315 e. The van der Waals surface area contributed by atoms with Gasteiger partial charge >= 0.3 is 5.69 Å². The second-order valence-corrected chi connectivity index (χ2v) is 2.73. The van der Waals surface area contributed by atoms with E-state index in [2.05, 4.69) is 4.74 Å². The molecular formula is C8H6F2N2O4. The van der Waals surface area contributed by atoms with Crippen molar-refractivity contribution < 1.29 is 23.2 Å². The van der Waals surface area contributed by atoms with E-state index in [1.807, 2.05) is 0 Å². The van der Waals surface area contributed by atoms with Crippen LogP contribution in [0.25, 0.3) is 0 Å². The highest BCUT2D eigenvalue weighted by Crippen LogP contribution is 2.33. The Labute approximate surface area is 87.8 Å². The van der Waals surface area contributed by atoms with Crippen molar-refractivity contribution in [2.45, 2.75) is 0 Å². The Morgan fingerprint density at radius 1 is 1.50 bits per heavy atom. The first-order chi connectivity index (χ1) is 7.40. The molecule has 0 saturated heterocycles. The molecule has 0 unspecified atom stereocenters. The van der Waals surface area contributed by atoms with Crippen LogP contribution in [0, 0.1) is 21.7 Å². The van der Waals surface area contributed by atoms with Gasteiger partial charge in [-0.05, 0) is 0 Å². The van der Waals surface area contributed by atoms with E-state index in [4.69, 9.17) is 5.73 Å². The first-order valence-electron chi connectivity index (χ1n) is 3.90. The lowest BCUT2D eigenvalue weighted by molar-refractivity contribution is -0.386. The van der Waals surface area contributed by atoms with E-state index in [9.17, 15) is 23.7 Å². The highest BCUT2D eigenvalue weighted by atomic mass is 19.2. The topological polar surface area (TPSA) is 95.5 Å². The van der Waals surface area contributed by atoms with Crippen LogP contribution in [0.2, 0.25) is 0 Å². The summed E-state index contributed by atoms with van der Waals surface area (Å²) < 4.78 is 30.7. The predicted octanol–water partition coefficient (Wildman–Crippen LogP) is 0.980. The average Bonchev–Trinajstić information content (AvgIpc) is 2.20. The lowest BCUT2D eigenvalue weighted by Gasteiger charge is -2.06.